The highest BCUT2D eigenvalue weighted by Crippen LogP contribution is 2.44. The highest BCUT2D eigenvalue weighted by atomic mass is 16.6. The van der Waals surface area contributed by atoms with Crippen LogP contribution in [0.25, 0.3) is 11.1 Å². The molecular formula is C30H37NO3. The topological polar surface area (TPSA) is 38.8 Å². The number of hydrogen-bond acceptors (Lipinski definition) is 3. The highest BCUT2D eigenvalue weighted by molar-refractivity contribution is 5.79. The third-order valence-corrected chi connectivity index (χ3v) is 7.67. The summed E-state index contributed by atoms with van der Waals surface area (Å²) in [4.78, 5) is 15.2. The molecule has 3 aliphatic rings. The molecule has 2 unspecified atom stereocenters. The third-order valence-electron chi connectivity index (χ3n) is 7.67. The first kappa shape index (κ1) is 23.2. The van der Waals surface area contributed by atoms with Crippen molar-refractivity contribution in [1.29, 1.82) is 0 Å². The summed E-state index contributed by atoms with van der Waals surface area (Å²) >= 11 is 0. The van der Waals surface area contributed by atoms with Gasteiger partial charge in [-0.3, -0.25) is 4.90 Å². The normalized spacial score (nSPS) is 21.1. The number of rotatable bonds is 9. The Labute approximate surface area is 203 Å². The summed E-state index contributed by atoms with van der Waals surface area (Å²) in [5.41, 5.74) is 6.50. The van der Waals surface area contributed by atoms with Gasteiger partial charge in [0.15, 0.2) is 0 Å². The SMILES string of the molecule is CCCCCCCCC1=CC2COCC(C1)N2C(=O)OCC1c2ccccc2-c2ccccc21. The largest absolute Gasteiger partial charge is 0.448 e. The predicted octanol–water partition coefficient (Wildman–Crippen LogP) is 7.09. The van der Waals surface area contributed by atoms with Crippen LogP contribution in [0.1, 0.15) is 75.3 Å². The summed E-state index contributed by atoms with van der Waals surface area (Å²) in [5, 5.41) is 0. The van der Waals surface area contributed by atoms with E-state index in [1.165, 1.54) is 66.4 Å². The van der Waals surface area contributed by atoms with E-state index in [1.54, 1.807) is 0 Å². The summed E-state index contributed by atoms with van der Waals surface area (Å²) in [6.07, 6.45) is 12.0. The molecule has 2 aromatic rings. The Morgan fingerprint density at radius 1 is 0.941 bits per heavy atom. The van der Waals surface area contributed by atoms with E-state index < -0.39 is 0 Å². The van der Waals surface area contributed by atoms with Crippen LogP contribution >= 0.6 is 0 Å². The first-order valence-electron chi connectivity index (χ1n) is 13.2. The van der Waals surface area contributed by atoms with Crippen molar-refractivity contribution >= 4 is 6.09 Å². The van der Waals surface area contributed by atoms with Gasteiger partial charge in [-0.15, -0.1) is 0 Å². The van der Waals surface area contributed by atoms with Gasteiger partial charge in [-0.25, -0.2) is 4.79 Å². The lowest BCUT2D eigenvalue weighted by molar-refractivity contribution is -0.0365. The predicted molar refractivity (Wildman–Crippen MR) is 136 cm³/mol. The summed E-state index contributed by atoms with van der Waals surface area (Å²) in [5.74, 6) is 0.0936. The molecular weight excluding hydrogens is 422 g/mol. The van der Waals surface area contributed by atoms with Crippen LogP contribution in [-0.2, 0) is 9.47 Å². The fraction of sp³-hybridized carbons (Fsp3) is 0.500. The van der Waals surface area contributed by atoms with E-state index in [0.717, 1.165) is 12.8 Å². The minimum absolute atomic E-state index is 0.00163. The van der Waals surface area contributed by atoms with Crippen LogP contribution in [0.4, 0.5) is 4.79 Å². The average molecular weight is 460 g/mol. The first-order valence-corrected chi connectivity index (χ1v) is 13.2. The molecule has 2 aromatic carbocycles. The molecule has 5 rings (SSSR count). The van der Waals surface area contributed by atoms with E-state index in [9.17, 15) is 4.79 Å². The average Bonchev–Trinajstić information content (AvgIpc) is 3.18. The van der Waals surface area contributed by atoms with Crippen LogP contribution in [0.5, 0.6) is 0 Å². The van der Waals surface area contributed by atoms with Crippen LogP contribution < -0.4 is 0 Å². The Hall–Kier alpha value is -2.59. The molecule has 0 spiro atoms. The number of amides is 1. The molecule has 4 heteroatoms. The zero-order valence-electron chi connectivity index (χ0n) is 20.4. The number of fused-ring (bicyclic) bond motifs is 5. The monoisotopic (exact) mass is 459 g/mol. The molecule has 2 heterocycles. The number of carbonyl (C=O) groups is 1. The molecule has 0 N–H and O–H groups in total. The fourth-order valence-corrected chi connectivity index (χ4v) is 5.96. The Morgan fingerprint density at radius 3 is 2.32 bits per heavy atom. The standard InChI is InChI=1S/C30H37NO3/c1-2-3-4-5-6-7-12-22-17-23-19-33-20-24(18-22)31(23)30(32)34-21-29-27-15-10-8-13-25(27)26-14-9-11-16-28(26)29/h8-11,13-17,23-24,29H,2-7,12,18-21H2,1H3. The Bertz CT molecular complexity index is 984. The Morgan fingerprint density at radius 2 is 1.62 bits per heavy atom. The van der Waals surface area contributed by atoms with Gasteiger partial charge >= 0.3 is 6.09 Å². The molecule has 34 heavy (non-hydrogen) atoms. The van der Waals surface area contributed by atoms with E-state index in [2.05, 4.69) is 61.5 Å². The molecule has 2 bridgehead atoms. The molecule has 1 fully saturated rings. The number of benzene rings is 2. The van der Waals surface area contributed by atoms with Gasteiger partial charge in [0.1, 0.15) is 6.61 Å². The quantitative estimate of drug-likeness (QED) is 0.297. The lowest BCUT2D eigenvalue weighted by Crippen LogP contribution is -2.56. The summed E-state index contributed by atoms with van der Waals surface area (Å²) < 4.78 is 11.8. The fourth-order valence-electron chi connectivity index (χ4n) is 5.96. The maximum absolute atomic E-state index is 13.3. The molecule has 180 valence electrons. The van der Waals surface area contributed by atoms with Crippen LogP contribution in [-0.4, -0.2) is 42.9 Å². The number of ether oxygens (including phenoxy) is 2. The summed E-state index contributed by atoms with van der Waals surface area (Å²) in [7, 11) is 0. The van der Waals surface area contributed by atoms with Crippen LogP contribution in [0.15, 0.2) is 60.2 Å². The van der Waals surface area contributed by atoms with Gasteiger partial charge < -0.3 is 9.47 Å². The zero-order chi connectivity index (χ0) is 23.3. The summed E-state index contributed by atoms with van der Waals surface area (Å²) in [6.45, 7) is 3.81. The molecule has 1 amide bonds. The van der Waals surface area contributed by atoms with Crippen molar-refractivity contribution in [1.82, 2.24) is 4.90 Å². The van der Waals surface area contributed by atoms with Crippen LogP contribution in [0, 0.1) is 0 Å². The second-order valence-electron chi connectivity index (χ2n) is 10.0. The number of unbranched alkanes of at least 4 members (excludes halogenated alkanes) is 5. The molecule has 1 aliphatic carbocycles. The molecule has 2 atom stereocenters. The van der Waals surface area contributed by atoms with E-state index in [1.807, 2.05) is 4.90 Å². The van der Waals surface area contributed by atoms with Crippen LogP contribution in [0.2, 0.25) is 0 Å². The van der Waals surface area contributed by atoms with Gasteiger partial charge in [-0.2, -0.15) is 0 Å². The first-order chi connectivity index (χ1) is 16.8. The van der Waals surface area contributed by atoms with Gasteiger partial charge in [0.2, 0.25) is 0 Å². The van der Waals surface area contributed by atoms with Crippen molar-refractivity contribution in [3.05, 3.63) is 71.3 Å². The Balaban J connectivity index is 1.21. The van der Waals surface area contributed by atoms with Gasteiger partial charge in [0, 0.05) is 5.92 Å². The molecule has 4 nitrogen and oxygen atoms in total. The zero-order valence-corrected chi connectivity index (χ0v) is 20.4. The van der Waals surface area contributed by atoms with Gasteiger partial charge in [-0.05, 0) is 41.5 Å². The van der Waals surface area contributed by atoms with E-state index in [-0.39, 0.29) is 24.1 Å². The minimum atomic E-state index is -0.199. The molecule has 0 saturated carbocycles. The maximum Gasteiger partial charge on any atom is 0.410 e. The lowest BCUT2D eigenvalue weighted by Gasteiger charge is -2.44. The Kier molecular flexibility index (Phi) is 7.34. The minimum Gasteiger partial charge on any atom is -0.448 e. The second kappa shape index (κ2) is 10.8. The smallest absolute Gasteiger partial charge is 0.410 e. The second-order valence-corrected chi connectivity index (χ2v) is 10.0. The van der Waals surface area contributed by atoms with E-state index in [4.69, 9.17) is 9.47 Å². The van der Waals surface area contributed by atoms with E-state index >= 15 is 0 Å². The number of carbonyl (C=O) groups excluding carboxylic acids is 1. The molecule has 2 aliphatic heterocycles. The van der Waals surface area contributed by atoms with Crippen molar-refractivity contribution in [3.63, 3.8) is 0 Å². The van der Waals surface area contributed by atoms with Gasteiger partial charge in [-0.1, -0.05) is 99.2 Å². The third kappa shape index (κ3) is 4.79. The lowest BCUT2D eigenvalue weighted by atomic mass is 9.91. The molecule has 0 radical (unpaired) electrons. The van der Waals surface area contributed by atoms with Gasteiger partial charge in [0.25, 0.3) is 0 Å². The van der Waals surface area contributed by atoms with E-state index in [0.29, 0.717) is 19.8 Å². The van der Waals surface area contributed by atoms with Crippen LogP contribution in [0.3, 0.4) is 0 Å². The number of nitrogens with zero attached hydrogens (tertiary/aromatic N) is 1. The van der Waals surface area contributed by atoms with Crippen molar-refractivity contribution in [2.24, 2.45) is 0 Å². The number of hydrogen-bond donors (Lipinski definition) is 0. The maximum atomic E-state index is 13.3. The van der Waals surface area contributed by atoms with Gasteiger partial charge in [0.05, 0.1) is 25.3 Å². The van der Waals surface area contributed by atoms with Crippen molar-refractivity contribution in [2.45, 2.75) is 76.3 Å². The van der Waals surface area contributed by atoms with Crippen molar-refractivity contribution < 1.29 is 14.3 Å². The number of morpholine rings is 1. The molecule has 0 aromatic heterocycles. The highest BCUT2D eigenvalue weighted by Gasteiger charge is 2.39. The van der Waals surface area contributed by atoms with Crippen molar-refractivity contribution in [2.75, 3.05) is 19.8 Å². The molecule has 1 saturated heterocycles. The van der Waals surface area contributed by atoms with Crippen molar-refractivity contribution in [3.8, 4) is 11.1 Å². The summed E-state index contributed by atoms with van der Waals surface area (Å²) in [6, 6.07) is 17.0.